The Bertz CT molecular complexity index is 553. The molecule has 1 saturated heterocycles. The van der Waals surface area contributed by atoms with Crippen molar-refractivity contribution in [3.05, 3.63) is 35.9 Å². The van der Waals surface area contributed by atoms with Crippen LogP contribution in [0.15, 0.2) is 40.3 Å². The molecule has 0 aromatic heterocycles. The average molecular weight is 278 g/mol. The molecule has 1 amide bonds. The zero-order chi connectivity index (χ0) is 13.2. The van der Waals surface area contributed by atoms with Crippen LogP contribution < -0.4 is 0 Å². The van der Waals surface area contributed by atoms with Gasteiger partial charge in [0, 0.05) is 54.9 Å². The number of rotatable bonds is 2. The first-order valence-electron chi connectivity index (χ1n) is 6.65. The van der Waals surface area contributed by atoms with Gasteiger partial charge in [0.1, 0.15) is 5.84 Å². The molecule has 2 aliphatic rings. The standard InChI is InChI=1S/C15H17N3O.Na/c1-11-16-14-10-18(8-7-13(14)15(19)17-11)9-12-5-3-2-4-6-12;/h2-6,13H,7-10H2,1H3;. The maximum absolute atomic E-state index is 11.8. The van der Waals surface area contributed by atoms with Gasteiger partial charge in [-0.25, -0.2) is 4.99 Å². The van der Waals surface area contributed by atoms with E-state index >= 15 is 0 Å². The number of hydrogen-bond donors (Lipinski definition) is 0. The molecule has 0 N–H and O–H groups in total. The number of hydrogen-bond acceptors (Lipinski definition) is 3. The van der Waals surface area contributed by atoms with Crippen molar-refractivity contribution in [3.8, 4) is 0 Å². The Kier molecular flexibility index (Phi) is 5.27. The number of carbonyl (C=O) groups is 1. The normalized spacial score (nSPS) is 22.4. The van der Waals surface area contributed by atoms with Crippen molar-refractivity contribution in [2.75, 3.05) is 13.1 Å². The molecule has 0 bridgehead atoms. The van der Waals surface area contributed by atoms with E-state index in [9.17, 15) is 4.79 Å². The summed E-state index contributed by atoms with van der Waals surface area (Å²) >= 11 is 0. The Labute approximate surface area is 141 Å². The molecule has 0 aliphatic carbocycles. The molecule has 1 radical (unpaired) electrons. The van der Waals surface area contributed by atoms with Crippen molar-refractivity contribution in [1.82, 2.24) is 4.90 Å². The average Bonchev–Trinajstić information content (AvgIpc) is 2.39. The van der Waals surface area contributed by atoms with Gasteiger partial charge in [0.25, 0.3) is 5.91 Å². The summed E-state index contributed by atoms with van der Waals surface area (Å²) in [6.07, 6.45) is 0.835. The summed E-state index contributed by atoms with van der Waals surface area (Å²) in [5.74, 6) is 0.510. The fraction of sp³-hybridized carbons (Fsp3) is 0.400. The van der Waals surface area contributed by atoms with Gasteiger partial charge < -0.3 is 0 Å². The maximum Gasteiger partial charge on any atom is 0.256 e. The zero-order valence-corrected chi connectivity index (χ0v) is 14.0. The van der Waals surface area contributed by atoms with E-state index in [4.69, 9.17) is 0 Å². The van der Waals surface area contributed by atoms with E-state index in [2.05, 4.69) is 39.2 Å². The maximum atomic E-state index is 11.8. The molecule has 2 aliphatic heterocycles. The number of aliphatic imine (C=N–C) groups is 2. The van der Waals surface area contributed by atoms with E-state index in [0.29, 0.717) is 5.84 Å². The molecular formula is C15H17N3NaO. The van der Waals surface area contributed by atoms with Crippen LogP contribution in [0.25, 0.3) is 0 Å². The SMILES string of the molecule is CC1=NC(=O)C2CCN(Cc3ccccc3)CC2=N1.[Na]. The van der Waals surface area contributed by atoms with Crippen molar-refractivity contribution >= 4 is 47.0 Å². The molecule has 1 unspecified atom stereocenters. The Morgan fingerprint density at radius 2 is 2.00 bits per heavy atom. The Morgan fingerprint density at radius 3 is 2.75 bits per heavy atom. The zero-order valence-electron chi connectivity index (χ0n) is 12.0. The number of amidine groups is 1. The van der Waals surface area contributed by atoms with Crippen LogP contribution in [-0.4, -0.2) is 65.0 Å². The third-order valence-electron chi connectivity index (χ3n) is 3.65. The summed E-state index contributed by atoms with van der Waals surface area (Å²) in [6, 6.07) is 10.4. The van der Waals surface area contributed by atoms with Crippen molar-refractivity contribution in [2.24, 2.45) is 15.9 Å². The Balaban J connectivity index is 0.00000147. The second-order valence-electron chi connectivity index (χ2n) is 5.14. The number of fused-ring (bicyclic) bond motifs is 1. The van der Waals surface area contributed by atoms with E-state index in [-0.39, 0.29) is 41.4 Å². The molecule has 0 saturated carbocycles. The Hall–Kier alpha value is -0.810. The molecule has 4 nitrogen and oxygen atoms in total. The van der Waals surface area contributed by atoms with Gasteiger partial charge in [-0.3, -0.25) is 9.69 Å². The first kappa shape index (κ1) is 15.6. The predicted molar refractivity (Wildman–Crippen MR) is 81.1 cm³/mol. The van der Waals surface area contributed by atoms with Gasteiger partial charge in [0.15, 0.2) is 0 Å². The first-order chi connectivity index (χ1) is 9.22. The molecule has 2 heterocycles. The second-order valence-corrected chi connectivity index (χ2v) is 5.14. The molecule has 1 atom stereocenters. The van der Waals surface area contributed by atoms with Crippen molar-refractivity contribution < 1.29 is 4.79 Å². The number of nitrogens with zero attached hydrogens (tertiary/aromatic N) is 3. The third kappa shape index (κ3) is 3.44. The van der Waals surface area contributed by atoms with Crippen LogP contribution in [0.5, 0.6) is 0 Å². The first-order valence-corrected chi connectivity index (χ1v) is 6.65. The number of benzene rings is 1. The van der Waals surface area contributed by atoms with Crippen LogP contribution in [0, 0.1) is 5.92 Å². The largest absolute Gasteiger partial charge is 0.294 e. The third-order valence-corrected chi connectivity index (χ3v) is 3.65. The minimum absolute atomic E-state index is 0. The molecule has 3 rings (SSSR count). The summed E-state index contributed by atoms with van der Waals surface area (Å²) in [7, 11) is 0. The molecule has 20 heavy (non-hydrogen) atoms. The summed E-state index contributed by atoms with van der Waals surface area (Å²) in [6.45, 7) is 4.41. The Morgan fingerprint density at radius 1 is 1.25 bits per heavy atom. The van der Waals surface area contributed by atoms with Crippen LogP contribution >= 0.6 is 0 Å². The molecule has 0 spiro atoms. The molecule has 1 aromatic rings. The van der Waals surface area contributed by atoms with Crippen molar-refractivity contribution in [2.45, 2.75) is 19.9 Å². The van der Waals surface area contributed by atoms with Gasteiger partial charge in [0.2, 0.25) is 0 Å². The fourth-order valence-corrected chi connectivity index (χ4v) is 2.72. The smallest absolute Gasteiger partial charge is 0.256 e. The van der Waals surface area contributed by atoms with Crippen molar-refractivity contribution in [3.63, 3.8) is 0 Å². The van der Waals surface area contributed by atoms with Gasteiger partial charge in [0.05, 0.1) is 5.92 Å². The van der Waals surface area contributed by atoms with Gasteiger partial charge in [-0.1, -0.05) is 30.3 Å². The van der Waals surface area contributed by atoms with Crippen LogP contribution in [0.2, 0.25) is 0 Å². The topological polar surface area (TPSA) is 45.0 Å². The van der Waals surface area contributed by atoms with E-state index in [0.717, 1.165) is 31.8 Å². The van der Waals surface area contributed by atoms with Gasteiger partial charge in [-0.15, -0.1) is 0 Å². The fourth-order valence-electron chi connectivity index (χ4n) is 2.72. The van der Waals surface area contributed by atoms with Gasteiger partial charge in [-0.2, -0.15) is 4.99 Å². The monoisotopic (exact) mass is 278 g/mol. The summed E-state index contributed by atoms with van der Waals surface area (Å²) in [5, 5.41) is 0. The summed E-state index contributed by atoms with van der Waals surface area (Å²) in [5.41, 5.74) is 2.29. The predicted octanol–water partition coefficient (Wildman–Crippen LogP) is 1.53. The second kappa shape index (κ2) is 6.76. The van der Waals surface area contributed by atoms with E-state index < -0.39 is 0 Å². The molecule has 1 aromatic carbocycles. The van der Waals surface area contributed by atoms with E-state index in [1.807, 2.05) is 6.07 Å². The molecule has 1 fully saturated rings. The summed E-state index contributed by atoms with van der Waals surface area (Å²) in [4.78, 5) is 22.6. The minimum atomic E-state index is -0.0734. The van der Waals surface area contributed by atoms with Crippen molar-refractivity contribution in [1.29, 1.82) is 0 Å². The number of carbonyl (C=O) groups excluding carboxylic acids is 1. The van der Waals surface area contributed by atoms with Crippen LogP contribution in [0.4, 0.5) is 0 Å². The molecule has 5 heteroatoms. The van der Waals surface area contributed by atoms with Gasteiger partial charge in [-0.05, 0) is 18.9 Å². The molecule has 99 valence electrons. The van der Waals surface area contributed by atoms with Crippen LogP contribution in [0.1, 0.15) is 18.9 Å². The number of amides is 1. The van der Waals surface area contributed by atoms with E-state index in [1.54, 1.807) is 6.92 Å². The van der Waals surface area contributed by atoms with Crippen LogP contribution in [0.3, 0.4) is 0 Å². The van der Waals surface area contributed by atoms with E-state index in [1.165, 1.54) is 5.56 Å². The van der Waals surface area contributed by atoms with Gasteiger partial charge >= 0.3 is 0 Å². The minimum Gasteiger partial charge on any atom is -0.294 e. The quantitative estimate of drug-likeness (QED) is 0.770. The van der Waals surface area contributed by atoms with Crippen LogP contribution in [-0.2, 0) is 11.3 Å². The number of likely N-dealkylation sites (tertiary alicyclic amines) is 1. The molecular weight excluding hydrogens is 261 g/mol. The summed E-state index contributed by atoms with van der Waals surface area (Å²) < 4.78 is 0. The number of piperidine rings is 1.